The molecule has 1 aromatic heterocycles. The smallest absolute Gasteiger partial charge is 0.267 e. The van der Waals surface area contributed by atoms with Gasteiger partial charge in [0.25, 0.3) is 5.56 Å². The van der Waals surface area contributed by atoms with Crippen molar-refractivity contribution in [2.45, 2.75) is 13.5 Å². The molecule has 0 atom stereocenters. The number of rotatable bonds is 4. The van der Waals surface area contributed by atoms with Gasteiger partial charge in [0.15, 0.2) is 0 Å². The monoisotopic (exact) mass is 387 g/mol. The van der Waals surface area contributed by atoms with Crippen LogP contribution in [0.2, 0.25) is 10.0 Å². The van der Waals surface area contributed by atoms with Gasteiger partial charge in [0.05, 0.1) is 21.4 Å². The van der Waals surface area contributed by atoms with Crippen molar-refractivity contribution in [3.05, 3.63) is 80.6 Å². The third-order valence-electron chi connectivity index (χ3n) is 3.81. The fourth-order valence-electron chi connectivity index (χ4n) is 2.49. The van der Waals surface area contributed by atoms with Gasteiger partial charge in [0, 0.05) is 11.6 Å². The SMILES string of the molecule is Cc1ccccc1-c1ccc(=O)n(CC(=O)Nc2cccc(Cl)c2Cl)n1. The second kappa shape index (κ2) is 7.72. The van der Waals surface area contributed by atoms with Gasteiger partial charge in [0.1, 0.15) is 6.54 Å². The Morgan fingerprint density at radius 2 is 1.85 bits per heavy atom. The highest BCUT2D eigenvalue weighted by Gasteiger charge is 2.12. The van der Waals surface area contributed by atoms with E-state index in [2.05, 4.69) is 10.4 Å². The van der Waals surface area contributed by atoms with Crippen molar-refractivity contribution in [1.29, 1.82) is 0 Å². The average molecular weight is 388 g/mol. The number of aryl methyl sites for hydroxylation is 1. The first-order valence-electron chi connectivity index (χ1n) is 7.84. The molecule has 1 amide bonds. The highest BCUT2D eigenvalue weighted by Crippen LogP contribution is 2.29. The summed E-state index contributed by atoms with van der Waals surface area (Å²) in [5.74, 6) is -0.425. The summed E-state index contributed by atoms with van der Waals surface area (Å²) in [6.07, 6.45) is 0. The second-order valence-corrected chi connectivity index (χ2v) is 6.46. The number of carbonyl (C=O) groups is 1. The number of amides is 1. The van der Waals surface area contributed by atoms with E-state index in [-0.39, 0.29) is 17.1 Å². The van der Waals surface area contributed by atoms with Crippen LogP contribution in [0, 0.1) is 6.92 Å². The third-order valence-corrected chi connectivity index (χ3v) is 4.63. The summed E-state index contributed by atoms with van der Waals surface area (Å²) in [5.41, 5.74) is 2.57. The maximum atomic E-state index is 12.3. The topological polar surface area (TPSA) is 64.0 Å². The van der Waals surface area contributed by atoms with Crippen molar-refractivity contribution < 1.29 is 4.79 Å². The lowest BCUT2D eigenvalue weighted by molar-refractivity contribution is -0.117. The lowest BCUT2D eigenvalue weighted by atomic mass is 10.1. The third kappa shape index (κ3) is 3.95. The van der Waals surface area contributed by atoms with Crippen LogP contribution in [0.4, 0.5) is 5.69 Å². The number of benzene rings is 2. The molecule has 132 valence electrons. The predicted octanol–water partition coefficient (Wildman–Crippen LogP) is 4.16. The van der Waals surface area contributed by atoms with Gasteiger partial charge in [0.2, 0.25) is 5.91 Å². The van der Waals surface area contributed by atoms with Gasteiger partial charge >= 0.3 is 0 Å². The lowest BCUT2D eigenvalue weighted by Crippen LogP contribution is -2.29. The molecule has 0 radical (unpaired) electrons. The van der Waals surface area contributed by atoms with Gasteiger partial charge in [-0.1, -0.05) is 53.5 Å². The second-order valence-electron chi connectivity index (χ2n) is 5.68. The van der Waals surface area contributed by atoms with Gasteiger partial charge in [-0.15, -0.1) is 0 Å². The summed E-state index contributed by atoms with van der Waals surface area (Å²) in [4.78, 5) is 24.4. The van der Waals surface area contributed by atoms with Crippen LogP contribution in [-0.4, -0.2) is 15.7 Å². The standard InChI is InChI=1S/C19H15Cl2N3O2/c1-12-5-2-3-6-13(12)15-9-10-18(26)24(23-15)11-17(25)22-16-8-4-7-14(20)19(16)21/h2-10H,11H2,1H3,(H,22,25). The van der Waals surface area contributed by atoms with Crippen molar-refractivity contribution in [2.24, 2.45) is 0 Å². The zero-order chi connectivity index (χ0) is 18.7. The van der Waals surface area contributed by atoms with E-state index in [9.17, 15) is 9.59 Å². The highest BCUT2D eigenvalue weighted by molar-refractivity contribution is 6.43. The Balaban J connectivity index is 1.84. The normalized spacial score (nSPS) is 10.6. The molecule has 0 aliphatic rings. The number of nitrogens with one attached hydrogen (secondary N) is 1. The van der Waals surface area contributed by atoms with Crippen LogP contribution in [0.25, 0.3) is 11.3 Å². The highest BCUT2D eigenvalue weighted by atomic mass is 35.5. The number of anilines is 1. The molecule has 0 fully saturated rings. The number of halogens is 2. The minimum Gasteiger partial charge on any atom is -0.323 e. The molecule has 0 saturated carbocycles. The van der Waals surface area contributed by atoms with E-state index < -0.39 is 5.91 Å². The Morgan fingerprint density at radius 3 is 2.62 bits per heavy atom. The molecule has 3 rings (SSSR count). The minimum absolute atomic E-state index is 0.235. The maximum Gasteiger partial charge on any atom is 0.267 e. The van der Waals surface area contributed by atoms with Gasteiger partial charge < -0.3 is 5.32 Å². The molecular weight excluding hydrogens is 373 g/mol. The lowest BCUT2D eigenvalue weighted by Gasteiger charge is -2.10. The Labute approximate surface area is 160 Å². The maximum absolute atomic E-state index is 12.3. The Kier molecular flexibility index (Phi) is 5.40. The van der Waals surface area contributed by atoms with E-state index in [4.69, 9.17) is 23.2 Å². The number of hydrogen-bond donors (Lipinski definition) is 1. The van der Waals surface area contributed by atoms with E-state index in [1.54, 1.807) is 24.3 Å². The van der Waals surface area contributed by atoms with Gasteiger partial charge in [-0.2, -0.15) is 5.10 Å². The summed E-state index contributed by atoms with van der Waals surface area (Å²) < 4.78 is 1.12. The van der Waals surface area contributed by atoms with Crippen LogP contribution in [0.1, 0.15) is 5.56 Å². The van der Waals surface area contributed by atoms with E-state index in [1.165, 1.54) is 6.07 Å². The number of aromatic nitrogens is 2. The summed E-state index contributed by atoms with van der Waals surface area (Å²) in [7, 11) is 0. The molecule has 3 aromatic rings. The molecule has 0 bridgehead atoms. The van der Waals surface area contributed by atoms with E-state index >= 15 is 0 Å². The van der Waals surface area contributed by atoms with Gasteiger partial charge in [-0.25, -0.2) is 4.68 Å². The molecule has 0 aliphatic carbocycles. The molecule has 7 heteroatoms. The zero-order valence-corrected chi connectivity index (χ0v) is 15.4. The summed E-state index contributed by atoms with van der Waals surface area (Å²) >= 11 is 12.0. The Morgan fingerprint density at radius 1 is 1.08 bits per heavy atom. The number of hydrogen-bond acceptors (Lipinski definition) is 3. The number of nitrogens with zero attached hydrogens (tertiary/aromatic N) is 2. The summed E-state index contributed by atoms with van der Waals surface area (Å²) in [6, 6.07) is 15.7. The van der Waals surface area contributed by atoms with E-state index in [0.717, 1.165) is 15.8 Å². The van der Waals surface area contributed by atoms with Crippen LogP contribution in [0.15, 0.2) is 59.4 Å². The first kappa shape index (κ1) is 18.2. The predicted molar refractivity (Wildman–Crippen MR) is 104 cm³/mol. The molecule has 0 saturated heterocycles. The Bertz CT molecular complexity index is 1030. The quantitative estimate of drug-likeness (QED) is 0.730. The van der Waals surface area contributed by atoms with Gasteiger partial charge in [-0.05, 0) is 30.7 Å². The van der Waals surface area contributed by atoms with Crippen LogP contribution >= 0.6 is 23.2 Å². The van der Waals surface area contributed by atoms with Crippen LogP contribution < -0.4 is 10.9 Å². The molecule has 0 aliphatic heterocycles. The first-order chi connectivity index (χ1) is 12.5. The average Bonchev–Trinajstić information content (AvgIpc) is 2.61. The van der Waals surface area contributed by atoms with Crippen molar-refractivity contribution >= 4 is 34.8 Å². The van der Waals surface area contributed by atoms with Crippen LogP contribution in [0.5, 0.6) is 0 Å². The minimum atomic E-state index is -0.425. The van der Waals surface area contributed by atoms with Crippen LogP contribution in [0.3, 0.4) is 0 Å². The Hall–Kier alpha value is -2.63. The van der Waals surface area contributed by atoms with Crippen LogP contribution in [-0.2, 0) is 11.3 Å². The van der Waals surface area contributed by atoms with E-state index in [0.29, 0.717) is 16.4 Å². The fraction of sp³-hybridized carbons (Fsp3) is 0.105. The van der Waals surface area contributed by atoms with Gasteiger partial charge in [-0.3, -0.25) is 9.59 Å². The van der Waals surface area contributed by atoms with E-state index in [1.807, 2.05) is 31.2 Å². The molecular formula is C19H15Cl2N3O2. The van der Waals surface area contributed by atoms with Crippen molar-refractivity contribution in [3.63, 3.8) is 0 Å². The molecule has 2 aromatic carbocycles. The summed E-state index contributed by atoms with van der Waals surface area (Å²) in [5, 5.41) is 7.53. The van der Waals surface area contributed by atoms with Crippen molar-refractivity contribution in [3.8, 4) is 11.3 Å². The molecule has 0 spiro atoms. The molecule has 5 nitrogen and oxygen atoms in total. The molecule has 0 unspecified atom stereocenters. The zero-order valence-electron chi connectivity index (χ0n) is 13.9. The van der Waals surface area contributed by atoms with Crippen molar-refractivity contribution in [1.82, 2.24) is 9.78 Å². The fourth-order valence-corrected chi connectivity index (χ4v) is 2.84. The molecule has 26 heavy (non-hydrogen) atoms. The summed E-state index contributed by atoms with van der Waals surface area (Å²) in [6.45, 7) is 1.72. The number of carbonyl (C=O) groups excluding carboxylic acids is 1. The largest absolute Gasteiger partial charge is 0.323 e. The first-order valence-corrected chi connectivity index (χ1v) is 8.59. The molecule has 1 heterocycles. The van der Waals surface area contributed by atoms with Crippen molar-refractivity contribution in [2.75, 3.05) is 5.32 Å². The molecule has 1 N–H and O–H groups in total.